The number of hydrogen-bond donors (Lipinski definition) is 1. The molecule has 5 heteroatoms. The zero-order valence-electron chi connectivity index (χ0n) is 15.6. The number of likely N-dealkylation sites (tertiary alicyclic amines) is 1. The fourth-order valence-corrected chi connectivity index (χ4v) is 3.67. The van der Waals surface area contributed by atoms with Gasteiger partial charge in [-0.2, -0.15) is 0 Å². The molecule has 1 N–H and O–H groups in total. The Morgan fingerprint density at radius 2 is 1.85 bits per heavy atom. The second-order valence-electron chi connectivity index (χ2n) is 7.02. The number of benzene rings is 2. The predicted octanol–water partition coefficient (Wildman–Crippen LogP) is 3.42. The van der Waals surface area contributed by atoms with Crippen LogP contribution in [0.4, 0.5) is 0 Å². The maximum Gasteiger partial charge on any atom is 0.335 e. The first-order valence-corrected chi connectivity index (χ1v) is 9.28. The lowest BCUT2D eigenvalue weighted by Crippen LogP contribution is -2.39. The highest BCUT2D eigenvalue weighted by molar-refractivity contribution is 5.88. The standard InChI is InChI=1S/C22H25NO4/c1-27-20-8-3-2-6-18(20)13-16-9-11-23(12-10-16)21(24)15-17-5-4-7-19(14-17)22(25)26/h2-8,14,16H,9-13,15H2,1H3,(H,25,26). The Bertz CT molecular complexity index is 809. The van der Waals surface area contributed by atoms with Gasteiger partial charge in [-0.15, -0.1) is 0 Å². The van der Waals surface area contributed by atoms with Gasteiger partial charge in [-0.05, 0) is 54.5 Å². The van der Waals surface area contributed by atoms with Crippen molar-refractivity contribution in [2.45, 2.75) is 25.7 Å². The van der Waals surface area contributed by atoms with E-state index in [-0.39, 0.29) is 17.9 Å². The van der Waals surface area contributed by atoms with Crippen LogP contribution in [-0.4, -0.2) is 42.1 Å². The molecular formula is C22H25NO4. The topological polar surface area (TPSA) is 66.8 Å². The van der Waals surface area contributed by atoms with E-state index in [1.807, 2.05) is 23.1 Å². The number of ether oxygens (including phenoxy) is 1. The van der Waals surface area contributed by atoms with Crippen molar-refractivity contribution < 1.29 is 19.4 Å². The van der Waals surface area contributed by atoms with Crippen LogP contribution in [0, 0.1) is 5.92 Å². The Balaban J connectivity index is 1.53. The van der Waals surface area contributed by atoms with Gasteiger partial charge >= 0.3 is 5.97 Å². The summed E-state index contributed by atoms with van der Waals surface area (Å²) >= 11 is 0. The molecule has 1 heterocycles. The minimum Gasteiger partial charge on any atom is -0.496 e. The van der Waals surface area contributed by atoms with Crippen LogP contribution >= 0.6 is 0 Å². The highest BCUT2D eigenvalue weighted by Crippen LogP contribution is 2.27. The summed E-state index contributed by atoms with van der Waals surface area (Å²) in [6.45, 7) is 1.49. The Labute approximate surface area is 159 Å². The summed E-state index contributed by atoms with van der Waals surface area (Å²) in [7, 11) is 1.69. The number of carbonyl (C=O) groups is 2. The molecule has 0 radical (unpaired) electrons. The second-order valence-corrected chi connectivity index (χ2v) is 7.02. The molecule has 1 saturated heterocycles. The van der Waals surface area contributed by atoms with E-state index in [4.69, 9.17) is 9.84 Å². The van der Waals surface area contributed by atoms with E-state index >= 15 is 0 Å². The molecule has 5 nitrogen and oxygen atoms in total. The Kier molecular flexibility index (Phi) is 6.12. The first-order valence-electron chi connectivity index (χ1n) is 9.28. The molecule has 1 aliphatic rings. The van der Waals surface area contributed by atoms with Gasteiger partial charge in [-0.25, -0.2) is 4.79 Å². The van der Waals surface area contributed by atoms with Crippen LogP contribution < -0.4 is 4.74 Å². The summed E-state index contributed by atoms with van der Waals surface area (Å²) in [5, 5.41) is 9.08. The van der Waals surface area contributed by atoms with Crippen molar-refractivity contribution in [1.29, 1.82) is 0 Å². The Morgan fingerprint density at radius 3 is 2.56 bits per heavy atom. The largest absolute Gasteiger partial charge is 0.496 e. The molecule has 1 fully saturated rings. The van der Waals surface area contributed by atoms with Crippen LogP contribution in [0.15, 0.2) is 48.5 Å². The molecule has 27 heavy (non-hydrogen) atoms. The number of hydrogen-bond acceptors (Lipinski definition) is 3. The average Bonchev–Trinajstić information content (AvgIpc) is 2.69. The molecular weight excluding hydrogens is 342 g/mol. The van der Waals surface area contributed by atoms with Gasteiger partial charge in [0.15, 0.2) is 0 Å². The molecule has 0 aromatic heterocycles. The minimum atomic E-state index is -0.971. The smallest absolute Gasteiger partial charge is 0.335 e. The number of amides is 1. The number of carboxylic acids is 1. The van der Waals surface area contributed by atoms with Gasteiger partial charge in [-0.3, -0.25) is 4.79 Å². The van der Waals surface area contributed by atoms with Crippen LogP contribution in [0.3, 0.4) is 0 Å². The van der Waals surface area contributed by atoms with Gasteiger partial charge in [0.05, 0.1) is 19.1 Å². The fourth-order valence-electron chi connectivity index (χ4n) is 3.67. The summed E-state index contributed by atoms with van der Waals surface area (Å²) < 4.78 is 5.43. The van der Waals surface area contributed by atoms with E-state index in [1.54, 1.807) is 31.4 Å². The van der Waals surface area contributed by atoms with Crippen LogP contribution in [0.25, 0.3) is 0 Å². The number of carboxylic acid groups (broad SMARTS) is 1. The number of carbonyl (C=O) groups excluding carboxylic acids is 1. The minimum absolute atomic E-state index is 0.0632. The summed E-state index contributed by atoms with van der Waals surface area (Å²) in [5.74, 6) is 0.560. The van der Waals surface area contributed by atoms with E-state index < -0.39 is 5.97 Å². The summed E-state index contributed by atoms with van der Waals surface area (Å²) in [4.78, 5) is 25.5. The molecule has 2 aromatic carbocycles. The van der Waals surface area contributed by atoms with Gasteiger partial charge in [0.2, 0.25) is 5.91 Å². The molecule has 0 saturated carbocycles. The molecule has 0 bridgehead atoms. The van der Waals surface area contributed by atoms with Gasteiger partial charge in [0, 0.05) is 13.1 Å². The first-order chi connectivity index (χ1) is 13.1. The van der Waals surface area contributed by atoms with Crippen molar-refractivity contribution in [2.24, 2.45) is 5.92 Å². The summed E-state index contributed by atoms with van der Waals surface area (Å²) in [5.41, 5.74) is 2.18. The lowest BCUT2D eigenvalue weighted by Gasteiger charge is -2.32. The van der Waals surface area contributed by atoms with E-state index in [9.17, 15) is 9.59 Å². The van der Waals surface area contributed by atoms with Crippen LogP contribution in [0.5, 0.6) is 5.75 Å². The number of nitrogens with zero attached hydrogens (tertiary/aromatic N) is 1. The number of para-hydroxylation sites is 1. The third kappa shape index (κ3) is 4.88. The third-order valence-corrected chi connectivity index (χ3v) is 5.20. The first kappa shape index (κ1) is 19.0. The van der Waals surface area contributed by atoms with Gasteiger partial charge in [0.25, 0.3) is 0 Å². The van der Waals surface area contributed by atoms with Crippen molar-refractivity contribution in [3.63, 3.8) is 0 Å². The highest BCUT2D eigenvalue weighted by Gasteiger charge is 2.23. The molecule has 142 valence electrons. The van der Waals surface area contributed by atoms with Gasteiger partial charge < -0.3 is 14.7 Å². The summed E-state index contributed by atoms with van der Waals surface area (Å²) in [6, 6.07) is 14.7. The predicted molar refractivity (Wildman–Crippen MR) is 103 cm³/mol. The molecule has 1 amide bonds. The van der Waals surface area contributed by atoms with E-state index in [1.165, 1.54) is 5.56 Å². The Morgan fingerprint density at radius 1 is 1.11 bits per heavy atom. The Hall–Kier alpha value is -2.82. The van der Waals surface area contributed by atoms with Gasteiger partial charge in [0.1, 0.15) is 5.75 Å². The number of aromatic carboxylic acids is 1. The second kappa shape index (κ2) is 8.71. The van der Waals surface area contributed by atoms with E-state index in [0.29, 0.717) is 5.92 Å². The normalized spacial score (nSPS) is 14.8. The SMILES string of the molecule is COc1ccccc1CC1CCN(C(=O)Cc2cccc(C(=O)O)c2)CC1. The molecule has 1 aliphatic heterocycles. The van der Waals surface area contributed by atoms with Crippen molar-refractivity contribution in [3.8, 4) is 5.75 Å². The average molecular weight is 367 g/mol. The lowest BCUT2D eigenvalue weighted by atomic mass is 9.89. The molecule has 0 spiro atoms. The van der Waals surface area contributed by atoms with Crippen molar-refractivity contribution in [3.05, 3.63) is 65.2 Å². The maximum atomic E-state index is 12.6. The van der Waals surface area contributed by atoms with Crippen LogP contribution in [0.2, 0.25) is 0 Å². The number of piperidine rings is 1. The molecule has 0 aliphatic carbocycles. The maximum absolute atomic E-state index is 12.6. The van der Waals surface area contributed by atoms with E-state index in [2.05, 4.69) is 6.07 Å². The summed E-state index contributed by atoms with van der Waals surface area (Å²) in [6.07, 6.45) is 3.16. The molecule has 0 unspecified atom stereocenters. The lowest BCUT2D eigenvalue weighted by molar-refractivity contribution is -0.131. The van der Waals surface area contributed by atoms with Crippen molar-refractivity contribution in [1.82, 2.24) is 4.90 Å². The van der Waals surface area contributed by atoms with Crippen molar-refractivity contribution in [2.75, 3.05) is 20.2 Å². The number of methoxy groups -OCH3 is 1. The molecule has 0 atom stereocenters. The highest BCUT2D eigenvalue weighted by atomic mass is 16.5. The third-order valence-electron chi connectivity index (χ3n) is 5.20. The van der Waals surface area contributed by atoms with Crippen LogP contribution in [-0.2, 0) is 17.6 Å². The monoisotopic (exact) mass is 367 g/mol. The molecule has 2 aromatic rings. The zero-order chi connectivity index (χ0) is 19.2. The van der Waals surface area contributed by atoms with Gasteiger partial charge in [-0.1, -0.05) is 30.3 Å². The fraction of sp³-hybridized carbons (Fsp3) is 0.364. The zero-order valence-corrected chi connectivity index (χ0v) is 15.6. The van der Waals surface area contributed by atoms with Crippen molar-refractivity contribution >= 4 is 11.9 Å². The van der Waals surface area contributed by atoms with E-state index in [0.717, 1.165) is 43.7 Å². The molecule has 3 rings (SSSR count). The quantitative estimate of drug-likeness (QED) is 0.850. The van der Waals surface area contributed by atoms with Crippen LogP contribution in [0.1, 0.15) is 34.3 Å². The number of rotatable bonds is 6.